The Labute approximate surface area is 112 Å². The first-order valence-corrected chi connectivity index (χ1v) is 6.80. The zero-order valence-corrected chi connectivity index (χ0v) is 11.8. The van der Waals surface area contributed by atoms with Crippen LogP contribution in [-0.4, -0.2) is 4.98 Å². The molecule has 0 spiro atoms. The average molecular weight is 318 g/mol. The first-order chi connectivity index (χ1) is 7.65. The third-order valence-corrected chi connectivity index (χ3v) is 3.85. The van der Waals surface area contributed by atoms with Crippen molar-refractivity contribution in [3.05, 3.63) is 43.8 Å². The standard InChI is InChI=1S/C11H10BrClN2S/c1-7-10(2-3-11(12)15-7)14-5-9-4-8(13)6-16-9/h2-4,6,14H,5H2,1H3. The molecule has 2 aromatic rings. The lowest BCUT2D eigenvalue weighted by Gasteiger charge is -2.07. The lowest BCUT2D eigenvalue weighted by Crippen LogP contribution is -2.00. The summed E-state index contributed by atoms with van der Waals surface area (Å²) < 4.78 is 0.856. The average Bonchev–Trinajstić information content (AvgIpc) is 2.63. The summed E-state index contributed by atoms with van der Waals surface area (Å²) in [7, 11) is 0. The van der Waals surface area contributed by atoms with Crippen LogP contribution in [0.5, 0.6) is 0 Å². The number of hydrogen-bond donors (Lipinski definition) is 1. The van der Waals surface area contributed by atoms with Crippen LogP contribution >= 0.6 is 38.9 Å². The minimum absolute atomic E-state index is 0.779. The van der Waals surface area contributed by atoms with Gasteiger partial charge in [0, 0.05) is 16.8 Å². The monoisotopic (exact) mass is 316 g/mol. The molecule has 0 fully saturated rings. The number of aromatic nitrogens is 1. The Balaban J connectivity index is 2.04. The number of pyridine rings is 1. The molecule has 0 unspecified atom stereocenters. The Hall–Kier alpha value is -0.580. The van der Waals surface area contributed by atoms with E-state index in [1.54, 1.807) is 11.3 Å². The summed E-state index contributed by atoms with van der Waals surface area (Å²) >= 11 is 10.9. The number of aryl methyl sites for hydroxylation is 1. The van der Waals surface area contributed by atoms with Gasteiger partial charge in [-0.05, 0) is 41.1 Å². The molecule has 2 rings (SSSR count). The van der Waals surface area contributed by atoms with Gasteiger partial charge in [-0.25, -0.2) is 4.98 Å². The van der Waals surface area contributed by atoms with Crippen molar-refractivity contribution in [2.75, 3.05) is 5.32 Å². The number of rotatable bonds is 3. The molecule has 84 valence electrons. The Morgan fingerprint density at radius 3 is 2.94 bits per heavy atom. The highest BCUT2D eigenvalue weighted by atomic mass is 79.9. The van der Waals surface area contributed by atoms with Gasteiger partial charge in [0.05, 0.1) is 16.4 Å². The van der Waals surface area contributed by atoms with Gasteiger partial charge >= 0.3 is 0 Å². The molecule has 2 heterocycles. The van der Waals surface area contributed by atoms with Crippen LogP contribution in [-0.2, 0) is 6.54 Å². The molecule has 0 saturated heterocycles. The fourth-order valence-electron chi connectivity index (χ4n) is 1.35. The molecule has 0 bridgehead atoms. The summed E-state index contributed by atoms with van der Waals surface area (Å²) in [6.07, 6.45) is 0. The molecular weight excluding hydrogens is 308 g/mol. The first kappa shape index (κ1) is 11.9. The quantitative estimate of drug-likeness (QED) is 0.844. The van der Waals surface area contributed by atoms with Gasteiger partial charge < -0.3 is 5.32 Å². The minimum atomic E-state index is 0.779. The number of halogens is 2. The first-order valence-electron chi connectivity index (χ1n) is 4.75. The zero-order valence-electron chi connectivity index (χ0n) is 8.63. The lowest BCUT2D eigenvalue weighted by molar-refractivity contribution is 1.11. The van der Waals surface area contributed by atoms with Crippen molar-refractivity contribution in [1.82, 2.24) is 4.98 Å². The van der Waals surface area contributed by atoms with Crippen LogP contribution in [0, 0.1) is 6.92 Å². The van der Waals surface area contributed by atoms with Gasteiger partial charge in [0.2, 0.25) is 0 Å². The Morgan fingerprint density at radius 2 is 2.31 bits per heavy atom. The Kier molecular flexibility index (Phi) is 3.84. The zero-order chi connectivity index (χ0) is 11.5. The molecule has 0 aliphatic carbocycles. The van der Waals surface area contributed by atoms with Crippen molar-refractivity contribution in [2.24, 2.45) is 0 Å². The summed E-state index contributed by atoms with van der Waals surface area (Å²) in [5.74, 6) is 0. The highest BCUT2D eigenvalue weighted by molar-refractivity contribution is 9.10. The van der Waals surface area contributed by atoms with Crippen molar-refractivity contribution in [1.29, 1.82) is 0 Å². The predicted octanol–water partition coefficient (Wildman–Crippen LogP) is 4.48. The second-order valence-electron chi connectivity index (χ2n) is 3.35. The maximum absolute atomic E-state index is 5.86. The smallest absolute Gasteiger partial charge is 0.106 e. The van der Waals surface area contributed by atoms with Gasteiger partial charge in [0.25, 0.3) is 0 Å². The Bertz CT molecular complexity index is 498. The van der Waals surface area contributed by atoms with Crippen LogP contribution in [0.1, 0.15) is 10.6 Å². The summed E-state index contributed by atoms with van der Waals surface area (Å²) in [5.41, 5.74) is 2.03. The van der Waals surface area contributed by atoms with Gasteiger partial charge in [-0.15, -0.1) is 11.3 Å². The van der Waals surface area contributed by atoms with Crippen LogP contribution in [0.15, 0.2) is 28.2 Å². The molecule has 0 aliphatic heterocycles. The fourth-order valence-corrected chi connectivity index (χ4v) is 2.76. The van der Waals surface area contributed by atoms with Crippen LogP contribution in [0.25, 0.3) is 0 Å². The third-order valence-electron chi connectivity index (χ3n) is 2.13. The van der Waals surface area contributed by atoms with E-state index in [0.717, 1.165) is 27.6 Å². The molecule has 2 nitrogen and oxygen atoms in total. The third kappa shape index (κ3) is 2.97. The number of hydrogen-bond acceptors (Lipinski definition) is 3. The van der Waals surface area contributed by atoms with Crippen LogP contribution < -0.4 is 5.32 Å². The number of thiophene rings is 1. The van der Waals surface area contributed by atoms with Crippen molar-refractivity contribution >= 4 is 44.6 Å². The number of nitrogens with one attached hydrogen (secondary N) is 1. The van der Waals surface area contributed by atoms with E-state index in [4.69, 9.17) is 11.6 Å². The molecule has 0 radical (unpaired) electrons. The van der Waals surface area contributed by atoms with E-state index in [-0.39, 0.29) is 0 Å². The summed E-state index contributed by atoms with van der Waals surface area (Å²) in [4.78, 5) is 5.54. The summed E-state index contributed by atoms with van der Waals surface area (Å²) in [6, 6.07) is 5.92. The van der Waals surface area contributed by atoms with Crippen LogP contribution in [0.3, 0.4) is 0 Å². The van der Waals surface area contributed by atoms with Gasteiger partial charge in [-0.2, -0.15) is 0 Å². The molecule has 0 atom stereocenters. The van der Waals surface area contributed by atoms with E-state index >= 15 is 0 Å². The minimum Gasteiger partial charge on any atom is -0.379 e. The fraction of sp³-hybridized carbons (Fsp3) is 0.182. The van der Waals surface area contributed by atoms with Crippen molar-refractivity contribution in [3.8, 4) is 0 Å². The second-order valence-corrected chi connectivity index (χ2v) is 5.60. The van der Waals surface area contributed by atoms with E-state index in [1.807, 2.05) is 30.5 Å². The molecule has 0 saturated carbocycles. The summed E-state index contributed by atoms with van der Waals surface area (Å²) in [5, 5.41) is 6.07. The molecule has 0 aromatic carbocycles. The lowest BCUT2D eigenvalue weighted by atomic mass is 10.3. The second kappa shape index (κ2) is 5.17. The van der Waals surface area contributed by atoms with Crippen molar-refractivity contribution in [2.45, 2.75) is 13.5 Å². The Morgan fingerprint density at radius 1 is 1.50 bits per heavy atom. The van der Waals surface area contributed by atoms with E-state index in [9.17, 15) is 0 Å². The van der Waals surface area contributed by atoms with Crippen molar-refractivity contribution in [3.63, 3.8) is 0 Å². The predicted molar refractivity (Wildman–Crippen MR) is 73.3 cm³/mol. The highest BCUT2D eigenvalue weighted by Gasteiger charge is 2.01. The van der Waals surface area contributed by atoms with Gasteiger partial charge in [0.1, 0.15) is 4.60 Å². The summed E-state index contributed by atoms with van der Waals surface area (Å²) in [6.45, 7) is 2.76. The topological polar surface area (TPSA) is 24.9 Å². The SMILES string of the molecule is Cc1nc(Br)ccc1NCc1cc(Cl)cs1. The maximum Gasteiger partial charge on any atom is 0.106 e. The van der Waals surface area contributed by atoms with E-state index in [2.05, 4.69) is 26.2 Å². The molecule has 1 N–H and O–H groups in total. The van der Waals surface area contributed by atoms with Gasteiger partial charge in [0.15, 0.2) is 0 Å². The van der Waals surface area contributed by atoms with E-state index in [1.165, 1.54) is 4.88 Å². The van der Waals surface area contributed by atoms with Crippen LogP contribution in [0.4, 0.5) is 5.69 Å². The largest absolute Gasteiger partial charge is 0.379 e. The molecule has 0 amide bonds. The molecule has 5 heteroatoms. The molecular formula is C11H10BrClN2S. The molecule has 2 aromatic heterocycles. The normalized spacial score (nSPS) is 10.4. The van der Waals surface area contributed by atoms with Gasteiger partial charge in [-0.3, -0.25) is 0 Å². The molecule has 16 heavy (non-hydrogen) atoms. The number of nitrogens with zero attached hydrogens (tertiary/aromatic N) is 1. The van der Waals surface area contributed by atoms with Gasteiger partial charge in [-0.1, -0.05) is 11.6 Å². The highest BCUT2D eigenvalue weighted by Crippen LogP contribution is 2.21. The van der Waals surface area contributed by atoms with E-state index in [0.29, 0.717) is 0 Å². The van der Waals surface area contributed by atoms with Crippen LogP contribution in [0.2, 0.25) is 5.02 Å². The molecule has 0 aliphatic rings. The maximum atomic E-state index is 5.86. The van der Waals surface area contributed by atoms with Crippen molar-refractivity contribution < 1.29 is 0 Å². The van der Waals surface area contributed by atoms with E-state index < -0.39 is 0 Å². The number of anilines is 1.